The van der Waals surface area contributed by atoms with Crippen molar-refractivity contribution in [2.75, 3.05) is 12.0 Å². The Kier molecular flexibility index (Phi) is 4.05. The molecule has 0 radical (unpaired) electrons. The molecule has 1 saturated carbocycles. The van der Waals surface area contributed by atoms with E-state index in [0.717, 1.165) is 12.1 Å². The van der Waals surface area contributed by atoms with Gasteiger partial charge in [-0.05, 0) is 37.5 Å². The third-order valence-electron chi connectivity index (χ3n) is 4.98. The molecule has 130 valence electrons. The number of carbonyl (C=O) groups excluding carboxylic acids is 2. The van der Waals surface area contributed by atoms with Crippen LogP contribution in [0.4, 0.5) is 18.9 Å². The maximum atomic E-state index is 14.6. The molecule has 1 saturated heterocycles. The van der Waals surface area contributed by atoms with E-state index < -0.39 is 41.5 Å². The molecular weight excluding hydrogens is 323 g/mol. The summed E-state index contributed by atoms with van der Waals surface area (Å²) < 4.78 is 47.3. The molecule has 0 bridgehead atoms. The highest BCUT2D eigenvalue weighted by Gasteiger charge is 2.63. The SMILES string of the molecule is COC(=O)C1CCCC2(C1)CC(F)(F)N(c1cccc(F)c1)C2=O. The lowest BCUT2D eigenvalue weighted by Crippen LogP contribution is -2.42. The molecule has 1 aliphatic heterocycles. The number of nitrogens with zero attached hydrogens (tertiary/aromatic N) is 1. The third-order valence-corrected chi connectivity index (χ3v) is 4.98. The lowest BCUT2D eigenvalue weighted by Gasteiger charge is -2.34. The fraction of sp³-hybridized carbons (Fsp3) is 0.529. The molecule has 2 fully saturated rings. The van der Waals surface area contributed by atoms with Crippen molar-refractivity contribution in [1.29, 1.82) is 0 Å². The molecule has 2 aliphatic rings. The van der Waals surface area contributed by atoms with Crippen molar-refractivity contribution < 1.29 is 27.5 Å². The lowest BCUT2D eigenvalue weighted by atomic mass is 9.68. The average molecular weight is 341 g/mol. The predicted molar refractivity (Wildman–Crippen MR) is 79.9 cm³/mol. The van der Waals surface area contributed by atoms with Crippen LogP contribution in [0.1, 0.15) is 32.1 Å². The minimum Gasteiger partial charge on any atom is -0.469 e. The molecule has 1 amide bonds. The van der Waals surface area contributed by atoms with Gasteiger partial charge in [0.1, 0.15) is 5.82 Å². The van der Waals surface area contributed by atoms with Crippen molar-refractivity contribution in [3.05, 3.63) is 30.1 Å². The second kappa shape index (κ2) is 5.79. The number of amides is 1. The van der Waals surface area contributed by atoms with E-state index >= 15 is 0 Å². The molecule has 4 nitrogen and oxygen atoms in total. The molecule has 1 aliphatic carbocycles. The van der Waals surface area contributed by atoms with Crippen LogP contribution in [0, 0.1) is 17.2 Å². The molecule has 0 N–H and O–H groups in total. The van der Waals surface area contributed by atoms with Crippen LogP contribution in [-0.4, -0.2) is 25.0 Å². The number of benzene rings is 1. The van der Waals surface area contributed by atoms with E-state index in [1.165, 1.54) is 19.2 Å². The molecule has 1 aromatic rings. The summed E-state index contributed by atoms with van der Waals surface area (Å²) in [6.45, 7) is 0. The van der Waals surface area contributed by atoms with E-state index in [4.69, 9.17) is 4.74 Å². The molecule has 3 rings (SSSR count). The van der Waals surface area contributed by atoms with Gasteiger partial charge in [-0.3, -0.25) is 14.5 Å². The van der Waals surface area contributed by atoms with E-state index in [1.807, 2.05) is 0 Å². The predicted octanol–water partition coefficient (Wildman–Crippen LogP) is 3.50. The van der Waals surface area contributed by atoms with E-state index in [0.29, 0.717) is 24.2 Å². The number of halogens is 3. The van der Waals surface area contributed by atoms with Gasteiger partial charge in [0, 0.05) is 6.42 Å². The number of hydrogen-bond acceptors (Lipinski definition) is 3. The Morgan fingerprint density at radius 3 is 2.79 bits per heavy atom. The highest BCUT2D eigenvalue weighted by molar-refractivity contribution is 6.01. The zero-order chi connectivity index (χ0) is 17.5. The Bertz CT molecular complexity index is 679. The minimum atomic E-state index is -3.41. The van der Waals surface area contributed by atoms with Crippen molar-refractivity contribution in [3.8, 4) is 0 Å². The summed E-state index contributed by atoms with van der Waals surface area (Å²) in [5, 5.41) is 0. The van der Waals surface area contributed by atoms with E-state index in [-0.39, 0.29) is 12.1 Å². The number of carbonyl (C=O) groups is 2. The molecule has 2 atom stereocenters. The molecule has 1 heterocycles. The molecule has 24 heavy (non-hydrogen) atoms. The molecule has 0 aromatic heterocycles. The number of anilines is 1. The van der Waals surface area contributed by atoms with Crippen LogP contribution in [-0.2, 0) is 14.3 Å². The summed E-state index contributed by atoms with van der Waals surface area (Å²) in [6, 6.07) is 1.21. The van der Waals surface area contributed by atoms with Gasteiger partial charge in [0.25, 0.3) is 0 Å². The Labute approximate surface area is 137 Å². The quantitative estimate of drug-likeness (QED) is 0.611. The van der Waals surface area contributed by atoms with Gasteiger partial charge in [-0.2, -0.15) is 8.78 Å². The van der Waals surface area contributed by atoms with Gasteiger partial charge >= 0.3 is 12.0 Å². The number of hydrogen-bond donors (Lipinski definition) is 0. The van der Waals surface area contributed by atoms with Crippen molar-refractivity contribution in [2.45, 2.75) is 38.2 Å². The first kappa shape index (κ1) is 16.8. The van der Waals surface area contributed by atoms with Crippen molar-refractivity contribution in [2.24, 2.45) is 11.3 Å². The second-order valence-electron chi connectivity index (χ2n) is 6.56. The van der Waals surface area contributed by atoms with Crippen LogP contribution in [0.25, 0.3) is 0 Å². The summed E-state index contributed by atoms with van der Waals surface area (Å²) in [7, 11) is 1.24. The summed E-state index contributed by atoms with van der Waals surface area (Å²) in [5.41, 5.74) is -1.46. The van der Waals surface area contributed by atoms with Crippen LogP contribution in [0.5, 0.6) is 0 Å². The maximum absolute atomic E-state index is 14.6. The van der Waals surface area contributed by atoms with Crippen LogP contribution >= 0.6 is 0 Å². The Morgan fingerprint density at radius 1 is 1.38 bits per heavy atom. The normalized spacial score (nSPS) is 29.1. The van der Waals surface area contributed by atoms with Gasteiger partial charge in [0.15, 0.2) is 0 Å². The van der Waals surface area contributed by atoms with Gasteiger partial charge in [0.2, 0.25) is 5.91 Å². The fourth-order valence-electron chi connectivity index (χ4n) is 3.95. The number of methoxy groups -OCH3 is 1. The van der Waals surface area contributed by atoms with E-state index in [9.17, 15) is 22.8 Å². The summed E-state index contributed by atoms with van der Waals surface area (Å²) in [6.07, 6.45) is 0.690. The lowest BCUT2D eigenvalue weighted by molar-refractivity contribution is -0.149. The first-order chi connectivity index (χ1) is 11.3. The summed E-state index contributed by atoms with van der Waals surface area (Å²) >= 11 is 0. The van der Waals surface area contributed by atoms with Gasteiger partial charge < -0.3 is 4.74 Å². The monoisotopic (exact) mass is 341 g/mol. The first-order valence-electron chi connectivity index (χ1n) is 7.85. The van der Waals surface area contributed by atoms with Crippen molar-refractivity contribution >= 4 is 17.6 Å². The van der Waals surface area contributed by atoms with E-state index in [1.54, 1.807) is 0 Å². The first-order valence-corrected chi connectivity index (χ1v) is 7.85. The summed E-state index contributed by atoms with van der Waals surface area (Å²) in [5.74, 6) is -2.47. The highest BCUT2D eigenvalue weighted by Crippen LogP contribution is 2.55. The largest absolute Gasteiger partial charge is 0.469 e. The molecule has 1 aromatic carbocycles. The standard InChI is InChI=1S/C17H18F3NO3/c1-24-14(22)11-4-3-7-16(9-11)10-17(19,20)21(15(16)23)13-6-2-5-12(18)8-13/h2,5-6,8,11H,3-4,7,9-10H2,1H3. The second-order valence-corrected chi connectivity index (χ2v) is 6.56. The molecule has 2 unspecified atom stereocenters. The number of esters is 1. The van der Waals surface area contributed by atoms with Crippen molar-refractivity contribution in [3.63, 3.8) is 0 Å². The number of alkyl halides is 2. The highest BCUT2D eigenvalue weighted by atomic mass is 19.3. The van der Waals surface area contributed by atoms with Gasteiger partial charge in [-0.1, -0.05) is 12.5 Å². The summed E-state index contributed by atoms with van der Waals surface area (Å²) in [4.78, 5) is 25.0. The van der Waals surface area contributed by atoms with Crippen molar-refractivity contribution in [1.82, 2.24) is 0 Å². The topological polar surface area (TPSA) is 46.6 Å². The number of ether oxygens (including phenoxy) is 1. The zero-order valence-electron chi connectivity index (χ0n) is 13.2. The minimum absolute atomic E-state index is 0.0416. The Hall–Kier alpha value is -2.05. The van der Waals surface area contributed by atoms with Crippen LogP contribution < -0.4 is 4.90 Å². The van der Waals surface area contributed by atoms with Gasteiger partial charge in [-0.25, -0.2) is 4.39 Å². The molecule has 7 heteroatoms. The fourth-order valence-corrected chi connectivity index (χ4v) is 3.95. The zero-order valence-corrected chi connectivity index (χ0v) is 13.2. The maximum Gasteiger partial charge on any atom is 0.332 e. The molecular formula is C17H18F3NO3. The van der Waals surface area contributed by atoms with E-state index in [2.05, 4.69) is 0 Å². The van der Waals surface area contributed by atoms with Gasteiger partial charge in [-0.15, -0.1) is 0 Å². The third kappa shape index (κ3) is 2.65. The molecule has 1 spiro atoms. The van der Waals surface area contributed by atoms with Gasteiger partial charge in [0.05, 0.1) is 24.1 Å². The van der Waals surface area contributed by atoms with Crippen LogP contribution in [0.2, 0.25) is 0 Å². The van der Waals surface area contributed by atoms with Crippen LogP contribution in [0.15, 0.2) is 24.3 Å². The Balaban J connectivity index is 1.95. The Morgan fingerprint density at radius 2 is 2.12 bits per heavy atom. The van der Waals surface area contributed by atoms with Crippen LogP contribution in [0.3, 0.4) is 0 Å². The average Bonchev–Trinajstić information content (AvgIpc) is 2.72. The number of rotatable bonds is 2. The smallest absolute Gasteiger partial charge is 0.332 e.